The van der Waals surface area contributed by atoms with Gasteiger partial charge in [0.2, 0.25) is 0 Å². The molecule has 2 aliphatic heterocycles. The van der Waals surface area contributed by atoms with Crippen molar-refractivity contribution >= 4 is 33.0 Å². The molecule has 0 saturated carbocycles. The van der Waals surface area contributed by atoms with Gasteiger partial charge >= 0.3 is 17.1 Å². The topological polar surface area (TPSA) is 52.9 Å². The molecule has 4 aromatic rings. The van der Waals surface area contributed by atoms with E-state index in [9.17, 15) is 0 Å². The third-order valence-corrected chi connectivity index (χ3v) is 5.12. The molecule has 0 amide bonds. The quantitative estimate of drug-likeness (QED) is 0.446. The first kappa shape index (κ1) is 17.7. The Labute approximate surface area is 177 Å². The van der Waals surface area contributed by atoms with Gasteiger partial charge in [0, 0.05) is 11.4 Å². The van der Waals surface area contributed by atoms with Gasteiger partial charge in [0.1, 0.15) is 0 Å². The molecule has 2 aliphatic rings. The molecule has 6 rings (SSSR count). The molecule has 0 spiro atoms. The smallest absolute Gasteiger partial charge is 0.661 e. The minimum atomic E-state index is 0. The predicted molar refractivity (Wildman–Crippen MR) is 113 cm³/mol. The number of nitrogens with zero attached hydrogens (tertiary/aromatic N) is 4. The van der Waals surface area contributed by atoms with Crippen molar-refractivity contribution < 1.29 is 17.1 Å². The molecule has 0 atom stereocenters. The molecule has 2 aromatic carbocycles. The van der Waals surface area contributed by atoms with Gasteiger partial charge in [0.25, 0.3) is 0 Å². The van der Waals surface area contributed by atoms with Crippen LogP contribution in [0, 0.1) is 0 Å². The van der Waals surface area contributed by atoms with Gasteiger partial charge in [-0.3, -0.25) is 0 Å². The van der Waals surface area contributed by atoms with E-state index in [4.69, 9.17) is 9.98 Å². The fourth-order valence-electron chi connectivity index (χ4n) is 3.74. The van der Waals surface area contributed by atoms with Gasteiger partial charge in [-0.05, 0) is 45.8 Å². The van der Waals surface area contributed by atoms with Crippen molar-refractivity contribution in [3.05, 3.63) is 108 Å². The summed E-state index contributed by atoms with van der Waals surface area (Å²) in [4.78, 5) is 18.7. The average Bonchev–Trinajstić information content (AvgIpc) is 3.51. The monoisotopic (exact) mass is 421 g/mol. The Morgan fingerprint density at radius 1 is 0.552 bits per heavy atom. The molecule has 0 saturated heterocycles. The van der Waals surface area contributed by atoms with E-state index in [0.29, 0.717) is 0 Å². The van der Waals surface area contributed by atoms with Crippen molar-refractivity contribution in [2.45, 2.75) is 0 Å². The van der Waals surface area contributed by atoms with Gasteiger partial charge in [-0.15, -0.1) is 11.4 Å². The molecule has 29 heavy (non-hydrogen) atoms. The van der Waals surface area contributed by atoms with Crippen LogP contribution in [0.5, 0.6) is 0 Å². The predicted octanol–water partition coefficient (Wildman–Crippen LogP) is 4.53. The Bertz CT molecular complexity index is 1300. The number of benzene rings is 2. The van der Waals surface area contributed by atoms with E-state index in [1.165, 1.54) is 0 Å². The summed E-state index contributed by atoms with van der Waals surface area (Å²) in [5.41, 5.74) is 5.28. The summed E-state index contributed by atoms with van der Waals surface area (Å²) in [7, 11) is 0. The van der Waals surface area contributed by atoms with Crippen molar-refractivity contribution in [2.24, 2.45) is 9.98 Å². The molecular weight excluding hydrogens is 408 g/mol. The number of aromatic nitrogens is 2. The number of rotatable bonds is 2. The second-order valence-electron chi connectivity index (χ2n) is 6.82. The maximum absolute atomic E-state index is 4.78. The summed E-state index contributed by atoms with van der Waals surface area (Å²) in [5.74, 6) is 0. The first-order valence-corrected chi connectivity index (χ1v) is 9.16. The third kappa shape index (κ3) is 2.83. The van der Waals surface area contributed by atoms with Crippen molar-refractivity contribution in [3.8, 4) is 0 Å². The second kappa shape index (κ2) is 6.89. The van der Waals surface area contributed by atoms with Gasteiger partial charge in [0.15, 0.2) is 0 Å². The van der Waals surface area contributed by atoms with E-state index in [2.05, 4.69) is 34.2 Å². The van der Waals surface area contributed by atoms with Crippen LogP contribution >= 0.6 is 0 Å². The van der Waals surface area contributed by atoms with E-state index in [1.807, 2.05) is 61.0 Å². The summed E-state index contributed by atoms with van der Waals surface area (Å²) < 4.78 is 0. The molecule has 4 nitrogen and oxygen atoms in total. The average molecular weight is 422 g/mol. The van der Waals surface area contributed by atoms with E-state index in [-0.39, 0.29) is 17.1 Å². The molecular formula is C24H14CuN4. The fraction of sp³-hybridized carbons (Fsp3) is 0. The van der Waals surface area contributed by atoms with E-state index < -0.39 is 0 Å². The van der Waals surface area contributed by atoms with E-state index in [1.54, 1.807) is 0 Å². The van der Waals surface area contributed by atoms with Crippen LogP contribution in [0.25, 0.3) is 21.5 Å². The molecule has 5 heteroatoms. The van der Waals surface area contributed by atoms with Gasteiger partial charge in [-0.1, -0.05) is 48.5 Å². The zero-order chi connectivity index (χ0) is 18.5. The minimum Gasteiger partial charge on any atom is -0.661 e. The molecule has 0 unspecified atom stereocenters. The summed E-state index contributed by atoms with van der Waals surface area (Å²) in [6.07, 6.45) is 11.8. The van der Waals surface area contributed by atoms with Crippen molar-refractivity contribution in [1.29, 1.82) is 0 Å². The standard InChI is InChI=1S/C24H14N4.Cu/c1-3-7-17-15(5-1)13-25-23(17)21-11-9-19(27-21)20-10-12-22(28-20)24-18-8-4-2-6-16(18)14-26-24;/h1-14H;/q-2;+2/b20-19-;. The van der Waals surface area contributed by atoms with Crippen LogP contribution in [0.1, 0.15) is 11.4 Å². The van der Waals surface area contributed by atoms with Crippen molar-refractivity contribution in [2.75, 3.05) is 0 Å². The Balaban J connectivity index is 0.00000181. The zero-order valence-corrected chi connectivity index (χ0v) is 16.1. The Morgan fingerprint density at radius 2 is 1.00 bits per heavy atom. The molecule has 0 fully saturated rings. The Morgan fingerprint density at radius 3 is 1.48 bits per heavy atom. The maximum atomic E-state index is 4.78. The number of allylic oxidation sites excluding steroid dienone is 4. The van der Waals surface area contributed by atoms with E-state index in [0.717, 1.165) is 55.8 Å². The molecule has 4 heterocycles. The number of hydrogen-bond donors (Lipinski definition) is 0. The molecule has 0 aliphatic carbocycles. The SMILES string of the molecule is C1=C/C(=C2\C=CC(c3[n-]cc4ccccc34)=N2)N=C1c1[n-]cc2ccccc12.[Cu+2]. The molecule has 1 radical (unpaired) electrons. The molecule has 2 aromatic heterocycles. The molecule has 0 bridgehead atoms. The van der Waals surface area contributed by atoms with Gasteiger partial charge in [-0.25, -0.2) is 9.98 Å². The third-order valence-electron chi connectivity index (χ3n) is 5.12. The maximum Gasteiger partial charge on any atom is 2.00 e. The van der Waals surface area contributed by atoms with Crippen LogP contribution in [0.4, 0.5) is 0 Å². The van der Waals surface area contributed by atoms with Crippen molar-refractivity contribution in [1.82, 2.24) is 9.97 Å². The van der Waals surface area contributed by atoms with Gasteiger partial charge in [-0.2, -0.15) is 12.4 Å². The van der Waals surface area contributed by atoms with Crippen molar-refractivity contribution in [3.63, 3.8) is 0 Å². The minimum absolute atomic E-state index is 0. The summed E-state index contributed by atoms with van der Waals surface area (Å²) in [5, 5.41) is 4.50. The summed E-state index contributed by atoms with van der Waals surface area (Å²) in [6.45, 7) is 0. The summed E-state index contributed by atoms with van der Waals surface area (Å²) in [6, 6.07) is 16.4. The number of aliphatic imine (C=N–C) groups is 2. The first-order valence-electron chi connectivity index (χ1n) is 9.16. The normalized spacial score (nSPS) is 17.8. The Hall–Kier alpha value is -3.40. The van der Waals surface area contributed by atoms with Crippen LogP contribution in [-0.2, 0) is 17.1 Å². The molecule has 141 valence electrons. The van der Waals surface area contributed by atoms with Crippen LogP contribution < -0.4 is 9.97 Å². The van der Waals surface area contributed by atoms with Gasteiger partial charge < -0.3 is 9.97 Å². The zero-order valence-electron chi connectivity index (χ0n) is 15.2. The van der Waals surface area contributed by atoms with Crippen LogP contribution in [0.15, 0.2) is 107 Å². The Kier molecular flexibility index (Phi) is 4.20. The fourth-order valence-corrected chi connectivity index (χ4v) is 3.74. The largest absolute Gasteiger partial charge is 2.00 e. The second-order valence-corrected chi connectivity index (χ2v) is 6.82. The van der Waals surface area contributed by atoms with Gasteiger partial charge in [0.05, 0.1) is 11.4 Å². The summed E-state index contributed by atoms with van der Waals surface area (Å²) >= 11 is 0. The number of fused-ring (bicyclic) bond motifs is 2. The van der Waals surface area contributed by atoms with Crippen LogP contribution in [0.2, 0.25) is 0 Å². The van der Waals surface area contributed by atoms with Crippen LogP contribution in [-0.4, -0.2) is 11.4 Å². The number of hydrogen-bond acceptors (Lipinski definition) is 2. The van der Waals surface area contributed by atoms with Crippen LogP contribution in [0.3, 0.4) is 0 Å². The molecule has 0 N–H and O–H groups in total. The van der Waals surface area contributed by atoms with E-state index >= 15 is 0 Å². The first-order chi connectivity index (χ1) is 13.9.